The summed E-state index contributed by atoms with van der Waals surface area (Å²) in [5, 5.41) is 22.5. The minimum atomic E-state index is -0.860. The van der Waals surface area contributed by atoms with Gasteiger partial charge in [0.2, 0.25) is 5.49 Å². The molecule has 0 spiro atoms. The highest BCUT2D eigenvalue weighted by Gasteiger charge is 2.05. The van der Waals surface area contributed by atoms with Gasteiger partial charge < -0.3 is 4.57 Å². The number of nitrogens with zero attached hydrogens (tertiary/aromatic N) is 4. The molecule has 0 aliphatic rings. The van der Waals surface area contributed by atoms with E-state index in [0.29, 0.717) is 0 Å². The number of hydrogen-bond donors (Lipinski definition) is 0. The molecule has 8 nitrogen and oxygen atoms in total. The van der Waals surface area contributed by atoms with E-state index in [1.54, 1.807) is 0 Å². The van der Waals surface area contributed by atoms with E-state index in [-0.39, 0.29) is 11.2 Å². The SMILES string of the molecule is Cn1cc([N+](=O)[O-])cc/c1=N/[N+](=O)[O-]. The molecule has 1 aromatic heterocycles. The van der Waals surface area contributed by atoms with Crippen LogP contribution in [0.3, 0.4) is 0 Å². The predicted molar refractivity (Wildman–Crippen MR) is 44.6 cm³/mol. The lowest BCUT2D eigenvalue weighted by molar-refractivity contribution is -0.490. The van der Waals surface area contributed by atoms with E-state index in [1.165, 1.54) is 17.7 Å². The van der Waals surface area contributed by atoms with Crippen molar-refractivity contribution in [2.75, 3.05) is 0 Å². The van der Waals surface area contributed by atoms with Crippen molar-refractivity contribution in [1.29, 1.82) is 0 Å². The van der Waals surface area contributed by atoms with Crippen LogP contribution in [0.5, 0.6) is 0 Å². The van der Waals surface area contributed by atoms with Gasteiger partial charge in [0.15, 0.2) is 5.03 Å². The van der Waals surface area contributed by atoms with Gasteiger partial charge in [0, 0.05) is 13.1 Å². The lowest BCUT2D eigenvalue weighted by atomic mass is 10.4. The number of hydrogen-bond acceptors (Lipinski definition) is 4. The highest BCUT2D eigenvalue weighted by Crippen LogP contribution is 2.04. The molecule has 0 aliphatic carbocycles. The Kier molecular flexibility index (Phi) is 2.56. The lowest BCUT2D eigenvalue weighted by Crippen LogP contribution is -2.18. The molecule has 1 heterocycles. The van der Waals surface area contributed by atoms with Crippen molar-refractivity contribution < 1.29 is 9.96 Å². The van der Waals surface area contributed by atoms with E-state index in [0.717, 1.165) is 12.3 Å². The van der Waals surface area contributed by atoms with E-state index < -0.39 is 9.96 Å². The Morgan fingerprint density at radius 3 is 2.43 bits per heavy atom. The second kappa shape index (κ2) is 3.64. The van der Waals surface area contributed by atoms with Crippen LogP contribution in [0.4, 0.5) is 5.69 Å². The van der Waals surface area contributed by atoms with Crippen LogP contribution in [0.25, 0.3) is 0 Å². The molecule has 8 heteroatoms. The third kappa shape index (κ3) is 2.12. The van der Waals surface area contributed by atoms with E-state index >= 15 is 0 Å². The highest BCUT2D eigenvalue weighted by atomic mass is 16.7. The Labute approximate surface area is 77.4 Å². The zero-order valence-electron chi connectivity index (χ0n) is 7.15. The number of aromatic nitrogens is 1. The fraction of sp³-hybridized carbons (Fsp3) is 0.167. The van der Waals surface area contributed by atoms with Gasteiger partial charge in [-0.15, -0.1) is 0 Å². The molecule has 74 valence electrons. The molecule has 0 aromatic carbocycles. The summed E-state index contributed by atoms with van der Waals surface area (Å²) in [5.41, 5.74) is -0.101. The number of nitro groups is 2. The molecule has 0 unspecified atom stereocenters. The van der Waals surface area contributed by atoms with Gasteiger partial charge in [-0.1, -0.05) is 0 Å². The van der Waals surface area contributed by atoms with Crippen molar-refractivity contribution in [3.05, 3.63) is 44.0 Å². The minimum absolute atomic E-state index is 0.0422. The molecule has 0 amide bonds. The number of rotatable bonds is 2. The summed E-state index contributed by atoms with van der Waals surface area (Å²) in [6.45, 7) is 0. The van der Waals surface area contributed by atoms with Crippen LogP contribution < -0.4 is 5.49 Å². The van der Waals surface area contributed by atoms with Gasteiger partial charge in [-0.25, -0.2) is 10.1 Å². The molecule has 0 bridgehead atoms. The fourth-order valence-corrected chi connectivity index (χ4v) is 0.881. The van der Waals surface area contributed by atoms with Crippen LogP contribution >= 0.6 is 0 Å². The van der Waals surface area contributed by atoms with Crippen LogP contribution in [0.1, 0.15) is 0 Å². The Morgan fingerprint density at radius 1 is 1.36 bits per heavy atom. The maximum absolute atomic E-state index is 10.3. The average molecular weight is 198 g/mol. The molecule has 1 rings (SSSR count). The third-order valence-corrected chi connectivity index (χ3v) is 1.49. The van der Waals surface area contributed by atoms with Crippen molar-refractivity contribution in [3.8, 4) is 0 Å². The van der Waals surface area contributed by atoms with Gasteiger partial charge in [-0.2, -0.15) is 0 Å². The van der Waals surface area contributed by atoms with Gasteiger partial charge in [-0.05, 0) is 6.07 Å². The van der Waals surface area contributed by atoms with Crippen molar-refractivity contribution in [2.45, 2.75) is 0 Å². The molecule has 0 aliphatic heterocycles. The van der Waals surface area contributed by atoms with E-state index in [9.17, 15) is 20.2 Å². The molecule has 0 saturated heterocycles. The van der Waals surface area contributed by atoms with Crippen molar-refractivity contribution in [2.24, 2.45) is 12.1 Å². The second-order valence-electron chi connectivity index (χ2n) is 2.45. The average Bonchev–Trinajstić information content (AvgIpc) is 2.07. The monoisotopic (exact) mass is 198 g/mol. The summed E-state index contributed by atoms with van der Waals surface area (Å²) < 4.78 is 1.21. The topological polar surface area (TPSA) is 104 Å². The molecule has 14 heavy (non-hydrogen) atoms. The van der Waals surface area contributed by atoms with Crippen molar-refractivity contribution in [1.82, 2.24) is 4.57 Å². The van der Waals surface area contributed by atoms with Gasteiger partial charge >= 0.3 is 0 Å². The lowest BCUT2D eigenvalue weighted by Gasteiger charge is -1.96. The Morgan fingerprint density at radius 2 is 2.00 bits per heavy atom. The zero-order valence-corrected chi connectivity index (χ0v) is 7.15. The van der Waals surface area contributed by atoms with Crippen LogP contribution in [-0.2, 0) is 7.05 Å². The highest BCUT2D eigenvalue weighted by molar-refractivity contribution is 5.24. The van der Waals surface area contributed by atoms with Crippen LogP contribution in [0, 0.1) is 20.2 Å². The van der Waals surface area contributed by atoms with E-state index in [4.69, 9.17) is 0 Å². The third-order valence-electron chi connectivity index (χ3n) is 1.49. The summed E-state index contributed by atoms with van der Waals surface area (Å²) in [4.78, 5) is 19.8. The second-order valence-corrected chi connectivity index (χ2v) is 2.45. The largest absolute Gasteiger partial charge is 0.325 e. The summed E-state index contributed by atoms with van der Waals surface area (Å²) in [7, 11) is 1.44. The molecule has 0 atom stereocenters. The van der Waals surface area contributed by atoms with E-state index in [1.807, 2.05) is 0 Å². The minimum Gasteiger partial charge on any atom is -0.325 e. The standard InChI is InChI=1S/C6H6N4O4/c1-8-4-5(9(11)12)2-3-6(8)7-10(13)14/h2-4H,1H3/b7-6-. The first kappa shape index (κ1) is 9.84. The van der Waals surface area contributed by atoms with Gasteiger partial charge in [0.25, 0.3) is 5.69 Å². The maximum Gasteiger partial charge on any atom is 0.285 e. The number of aryl methyl sites for hydroxylation is 1. The molecule has 0 saturated carbocycles. The fourth-order valence-electron chi connectivity index (χ4n) is 0.881. The number of pyridine rings is 1. The van der Waals surface area contributed by atoms with Crippen LogP contribution in [0.15, 0.2) is 23.4 Å². The Hall–Kier alpha value is -2.25. The smallest absolute Gasteiger partial charge is 0.285 e. The van der Waals surface area contributed by atoms with Gasteiger partial charge in [-0.3, -0.25) is 10.1 Å². The normalized spacial score (nSPS) is 11.4. The van der Waals surface area contributed by atoms with Crippen LogP contribution in [-0.4, -0.2) is 14.5 Å². The first-order valence-electron chi connectivity index (χ1n) is 3.51. The Balaban J connectivity index is 3.27. The van der Waals surface area contributed by atoms with E-state index in [2.05, 4.69) is 5.10 Å². The maximum atomic E-state index is 10.3. The Bertz CT molecular complexity index is 449. The van der Waals surface area contributed by atoms with Gasteiger partial charge in [0.05, 0.1) is 16.2 Å². The summed E-state index contributed by atoms with van der Waals surface area (Å²) in [5.74, 6) is 0. The molecular weight excluding hydrogens is 192 g/mol. The first-order chi connectivity index (χ1) is 6.50. The zero-order chi connectivity index (χ0) is 10.7. The molecular formula is C6H6N4O4. The van der Waals surface area contributed by atoms with Gasteiger partial charge in [0.1, 0.15) is 0 Å². The quantitative estimate of drug-likeness (QED) is 0.493. The molecule has 1 aromatic rings. The predicted octanol–water partition coefficient (Wildman–Crippen LogP) is 0.0257. The summed E-state index contributed by atoms with van der Waals surface area (Å²) >= 11 is 0. The summed E-state index contributed by atoms with van der Waals surface area (Å²) in [6.07, 6.45) is 1.16. The molecule has 0 N–H and O–H groups in total. The van der Waals surface area contributed by atoms with Crippen molar-refractivity contribution in [3.63, 3.8) is 0 Å². The summed E-state index contributed by atoms with van der Waals surface area (Å²) in [6, 6.07) is 2.36. The first-order valence-corrected chi connectivity index (χ1v) is 3.51. The molecule has 0 fully saturated rings. The van der Waals surface area contributed by atoms with Crippen molar-refractivity contribution >= 4 is 5.69 Å². The van der Waals surface area contributed by atoms with Crippen LogP contribution in [0.2, 0.25) is 0 Å². The molecule has 0 radical (unpaired) electrons.